The number of ether oxygens (including phenoxy) is 1. The summed E-state index contributed by atoms with van der Waals surface area (Å²) in [6.07, 6.45) is 3.12. The molecule has 2 rings (SSSR count). The van der Waals surface area contributed by atoms with Crippen molar-refractivity contribution in [2.45, 2.75) is 32.2 Å². The molecule has 0 saturated carbocycles. The summed E-state index contributed by atoms with van der Waals surface area (Å²) >= 11 is 0. The Morgan fingerprint density at radius 1 is 1.50 bits per heavy atom. The number of hydrogen-bond acceptors (Lipinski definition) is 3. The zero-order chi connectivity index (χ0) is 13.5. The number of benzene rings is 1. The van der Waals surface area contributed by atoms with E-state index in [-0.39, 0.29) is 24.4 Å². The predicted molar refractivity (Wildman–Crippen MR) is 82.8 cm³/mol. The number of carbonyl (C=O) groups excluding carboxylic acids is 1. The van der Waals surface area contributed by atoms with E-state index in [1.807, 2.05) is 18.2 Å². The minimum absolute atomic E-state index is 0. The average Bonchev–Trinajstić information content (AvgIpc) is 2.46. The molecule has 1 aromatic carbocycles. The van der Waals surface area contributed by atoms with E-state index in [9.17, 15) is 4.79 Å². The van der Waals surface area contributed by atoms with Crippen molar-refractivity contribution < 1.29 is 9.53 Å². The van der Waals surface area contributed by atoms with Crippen LogP contribution in [0.3, 0.4) is 0 Å². The maximum absolute atomic E-state index is 12.1. The number of hydrogen-bond donors (Lipinski definition) is 2. The van der Waals surface area contributed by atoms with Crippen LogP contribution in [0.2, 0.25) is 0 Å². The molecule has 20 heavy (non-hydrogen) atoms. The van der Waals surface area contributed by atoms with Crippen molar-refractivity contribution in [3.63, 3.8) is 0 Å². The van der Waals surface area contributed by atoms with Gasteiger partial charge in [-0.1, -0.05) is 13.0 Å². The lowest BCUT2D eigenvalue weighted by Gasteiger charge is -2.23. The molecule has 0 spiro atoms. The summed E-state index contributed by atoms with van der Waals surface area (Å²) in [5, 5.41) is 6.35. The summed E-state index contributed by atoms with van der Waals surface area (Å²) in [5.74, 6) is 0.743. The first-order valence-electron chi connectivity index (χ1n) is 7.04. The summed E-state index contributed by atoms with van der Waals surface area (Å²) in [6.45, 7) is 4.65. The lowest BCUT2D eigenvalue weighted by molar-refractivity contribution is 0.0930. The molecule has 1 aliphatic rings. The third kappa shape index (κ3) is 5.02. The van der Waals surface area contributed by atoms with Crippen molar-refractivity contribution in [3.05, 3.63) is 29.8 Å². The van der Waals surface area contributed by atoms with Crippen molar-refractivity contribution in [1.29, 1.82) is 0 Å². The van der Waals surface area contributed by atoms with Gasteiger partial charge >= 0.3 is 0 Å². The standard InChI is InChI=1S/C15H22N2O2.ClH/c1-2-9-19-14-7-3-5-12(10-14)15(18)17-13-6-4-8-16-11-13;/h3,5,7,10,13,16H,2,4,6,8-9,11H2,1H3,(H,17,18);1H. The van der Waals surface area contributed by atoms with Gasteiger partial charge < -0.3 is 15.4 Å². The minimum Gasteiger partial charge on any atom is -0.494 e. The molecule has 4 nitrogen and oxygen atoms in total. The molecule has 1 aromatic rings. The SMILES string of the molecule is CCCOc1cccc(C(=O)NC2CCCNC2)c1.Cl. The maximum atomic E-state index is 12.1. The Kier molecular flexibility index (Phi) is 7.41. The number of halogens is 1. The van der Waals surface area contributed by atoms with Crippen LogP contribution in [0.15, 0.2) is 24.3 Å². The molecule has 2 N–H and O–H groups in total. The first kappa shape index (κ1) is 16.8. The second-order valence-corrected chi connectivity index (χ2v) is 4.89. The van der Waals surface area contributed by atoms with E-state index in [4.69, 9.17) is 4.74 Å². The second kappa shape index (κ2) is 8.82. The van der Waals surface area contributed by atoms with Crippen LogP contribution in [0.1, 0.15) is 36.5 Å². The molecule has 0 radical (unpaired) electrons. The summed E-state index contributed by atoms with van der Waals surface area (Å²) in [5.41, 5.74) is 0.666. The van der Waals surface area contributed by atoms with Gasteiger partial charge in [-0.3, -0.25) is 4.79 Å². The van der Waals surface area contributed by atoms with E-state index in [0.29, 0.717) is 12.2 Å². The third-order valence-corrected chi connectivity index (χ3v) is 3.20. The van der Waals surface area contributed by atoms with Gasteiger partial charge in [0.1, 0.15) is 5.75 Å². The van der Waals surface area contributed by atoms with E-state index in [1.165, 1.54) is 0 Å². The van der Waals surface area contributed by atoms with E-state index in [0.717, 1.165) is 38.1 Å². The quantitative estimate of drug-likeness (QED) is 0.877. The van der Waals surface area contributed by atoms with Crippen LogP contribution in [-0.2, 0) is 0 Å². The number of rotatable bonds is 5. The van der Waals surface area contributed by atoms with Crippen LogP contribution < -0.4 is 15.4 Å². The summed E-state index contributed by atoms with van der Waals surface area (Å²) < 4.78 is 5.54. The molecule has 112 valence electrons. The van der Waals surface area contributed by atoms with Gasteiger partial charge in [0.15, 0.2) is 0 Å². The number of piperidine rings is 1. The molecule has 1 fully saturated rings. The van der Waals surface area contributed by atoms with Gasteiger partial charge in [-0.2, -0.15) is 0 Å². The molecule has 5 heteroatoms. The van der Waals surface area contributed by atoms with Crippen LogP contribution >= 0.6 is 12.4 Å². The molecule has 0 bridgehead atoms. The smallest absolute Gasteiger partial charge is 0.251 e. The average molecular weight is 299 g/mol. The lowest BCUT2D eigenvalue weighted by atomic mass is 10.1. The van der Waals surface area contributed by atoms with Crippen LogP contribution in [-0.4, -0.2) is 31.6 Å². The lowest BCUT2D eigenvalue weighted by Crippen LogP contribution is -2.45. The van der Waals surface area contributed by atoms with Crippen molar-refractivity contribution in [2.24, 2.45) is 0 Å². The van der Waals surface area contributed by atoms with E-state index in [1.54, 1.807) is 6.07 Å². The van der Waals surface area contributed by atoms with Gasteiger partial charge in [0.05, 0.1) is 6.61 Å². The number of carbonyl (C=O) groups is 1. The number of nitrogens with one attached hydrogen (secondary N) is 2. The van der Waals surface area contributed by atoms with Crippen molar-refractivity contribution >= 4 is 18.3 Å². The second-order valence-electron chi connectivity index (χ2n) is 4.89. The Hall–Kier alpha value is -1.26. The van der Waals surface area contributed by atoms with E-state index < -0.39 is 0 Å². The molecule has 1 heterocycles. The van der Waals surface area contributed by atoms with Crippen molar-refractivity contribution in [1.82, 2.24) is 10.6 Å². The Balaban J connectivity index is 0.00000200. The third-order valence-electron chi connectivity index (χ3n) is 3.20. The molecule has 0 aliphatic carbocycles. The molecule has 1 saturated heterocycles. The fraction of sp³-hybridized carbons (Fsp3) is 0.533. The van der Waals surface area contributed by atoms with Gasteiger partial charge in [0, 0.05) is 18.2 Å². The van der Waals surface area contributed by atoms with Crippen molar-refractivity contribution in [3.8, 4) is 5.75 Å². The van der Waals surface area contributed by atoms with Crippen LogP contribution in [0.25, 0.3) is 0 Å². The fourth-order valence-corrected chi connectivity index (χ4v) is 2.19. The van der Waals surface area contributed by atoms with Crippen molar-refractivity contribution in [2.75, 3.05) is 19.7 Å². The highest BCUT2D eigenvalue weighted by Gasteiger charge is 2.16. The predicted octanol–water partition coefficient (Wildman–Crippen LogP) is 2.38. The zero-order valence-electron chi connectivity index (χ0n) is 11.9. The fourth-order valence-electron chi connectivity index (χ4n) is 2.19. The van der Waals surface area contributed by atoms with Crippen LogP contribution in [0, 0.1) is 0 Å². The normalized spacial score (nSPS) is 17.9. The van der Waals surface area contributed by atoms with Gasteiger partial charge in [-0.05, 0) is 44.0 Å². The van der Waals surface area contributed by atoms with Crippen LogP contribution in [0.4, 0.5) is 0 Å². The molecule has 1 amide bonds. The Bertz CT molecular complexity index is 420. The van der Waals surface area contributed by atoms with Gasteiger partial charge in [0.25, 0.3) is 5.91 Å². The van der Waals surface area contributed by atoms with Gasteiger partial charge in [-0.25, -0.2) is 0 Å². The maximum Gasteiger partial charge on any atom is 0.251 e. The highest BCUT2D eigenvalue weighted by atomic mass is 35.5. The Labute approximate surface area is 126 Å². The largest absolute Gasteiger partial charge is 0.494 e. The molecule has 0 aromatic heterocycles. The first-order valence-corrected chi connectivity index (χ1v) is 7.04. The first-order chi connectivity index (χ1) is 9.29. The Morgan fingerprint density at radius 2 is 2.35 bits per heavy atom. The summed E-state index contributed by atoms with van der Waals surface area (Å²) in [6, 6.07) is 7.61. The Morgan fingerprint density at radius 3 is 3.05 bits per heavy atom. The summed E-state index contributed by atoms with van der Waals surface area (Å²) in [4.78, 5) is 12.1. The van der Waals surface area contributed by atoms with E-state index >= 15 is 0 Å². The summed E-state index contributed by atoms with van der Waals surface area (Å²) in [7, 11) is 0. The zero-order valence-corrected chi connectivity index (χ0v) is 12.7. The minimum atomic E-state index is -0.0179. The van der Waals surface area contributed by atoms with Gasteiger partial charge in [-0.15, -0.1) is 12.4 Å². The molecule has 1 atom stereocenters. The topological polar surface area (TPSA) is 50.4 Å². The highest BCUT2D eigenvalue weighted by molar-refractivity contribution is 5.94. The molecule has 1 unspecified atom stereocenters. The molecular weight excluding hydrogens is 276 g/mol. The monoisotopic (exact) mass is 298 g/mol. The van der Waals surface area contributed by atoms with E-state index in [2.05, 4.69) is 17.6 Å². The van der Waals surface area contributed by atoms with Gasteiger partial charge in [0.2, 0.25) is 0 Å². The molecule has 1 aliphatic heterocycles. The highest BCUT2D eigenvalue weighted by Crippen LogP contribution is 2.14. The molecular formula is C15H23ClN2O2. The van der Waals surface area contributed by atoms with Crippen LogP contribution in [0.5, 0.6) is 5.75 Å². The number of amides is 1.